The summed E-state index contributed by atoms with van der Waals surface area (Å²) < 4.78 is 11.4. The maximum absolute atomic E-state index is 13.5. The van der Waals surface area contributed by atoms with E-state index in [-0.39, 0.29) is 29.9 Å². The van der Waals surface area contributed by atoms with Gasteiger partial charge in [0.25, 0.3) is 0 Å². The molecule has 5 rings (SSSR count). The number of carbonyl (C=O) groups is 1. The van der Waals surface area contributed by atoms with Crippen molar-refractivity contribution in [3.8, 4) is 5.75 Å². The molecule has 0 radical (unpaired) electrons. The molecule has 4 aliphatic rings. The Balaban J connectivity index is 1.39. The lowest BCUT2D eigenvalue weighted by Crippen LogP contribution is -2.52. The van der Waals surface area contributed by atoms with Crippen LogP contribution in [-0.4, -0.2) is 30.3 Å². The normalized spacial score (nSPS) is 29.3. The SMILES string of the molecule is Cc1cc(=O)c(O)c(C2(CC(=O)N[C@H]3C4CCCC3C3=C(CCCC3)C4)CCOCC2)o1. The fourth-order valence-electron chi connectivity index (χ4n) is 6.87. The highest BCUT2D eigenvalue weighted by Crippen LogP contribution is 2.48. The van der Waals surface area contributed by atoms with Crippen molar-refractivity contribution in [3.63, 3.8) is 0 Å². The number of fused-ring (bicyclic) bond motifs is 3. The number of hydrogen-bond donors (Lipinski definition) is 2. The Morgan fingerprint density at radius 2 is 1.97 bits per heavy atom. The molecule has 1 saturated heterocycles. The number of amides is 1. The van der Waals surface area contributed by atoms with E-state index in [1.165, 1.54) is 51.0 Å². The number of carbonyl (C=O) groups excluding carboxylic acids is 1. The first kappa shape index (κ1) is 21.7. The van der Waals surface area contributed by atoms with E-state index >= 15 is 0 Å². The van der Waals surface area contributed by atoms with Gasteiger partial charge in [-0.25, -0.2) is 0 Å². The zero-order chi connectivity index (χ0) is 22.3. The zero-order valence-electron chi connectivity index (χ0n) is 19.1. The van der Waals surface area contributed by atoms with E-state index in [9.17, 15) is 14.7 Å². The van der Waals surface area contributed by atoms with Crippen molar-refractivity contribution in [2.75, 3.05) is 13.2 Å². The number of allylic oxidation sites excluding steroid dienone is 1. The molecule has 6 nitrogen and oxygen atoms in total. The Bertz CT molecular complexity index is 971. The van der Waals surface area contributed by atoms with Crippen molar-refractivity contribution in [3.05, 3.63) is 39.0 Å². The monoisotopic (exact) mass is 441 g/mol. The molecule has 3 aliphatic carbocycles. The van der Waals surface area contributed by atoms with Crippen LogP contribution in [0.15, 0.2) is 26.4 Å². The van der Waals surface area contributed by atoms with Crippen molar-refractivity contribution in [2.45, 2.75) is 89.0 Å². The van der Waals surface area contributed by atoms with Crippen molar-refractivity contribution in [1.29, 1.82) is 0 Å². The number of aryl methyl sites for hydroxylation is 1. The minimum atomic E-state index is -0.712. The summed E-state index contributed by atoms with van der Waals surface area (Å²) in [5.41, 5.74) is 2.16. The van der Waals surface area contributed by atoms with E-state index in [0.29, 0.717) is 43.7 Å². The third kappa shape index (κ3) is 3.91. The third-order valence-electron chi connectivity index (χ3n) is 8.42. The predicted octanol–water partition coefficient (Wildman–Crippen LogP) is 4.27. The minimum Gasteiger partial charge on any atom is -0.502 e. The number of rotatable bonds is 4. The molecule has 6 heteroatoms. The van der Waals surface area contributed by atoms with E-state index in [2.05, 4.69) is 5.32 Å². The summed E-state index contributed by atoms with van der Waals surface area (Å²) in [6, 6.07) is 1.51. The van der Waals surface area contributed by atoms with Crippen LogP contribution in [0.5, 0.6) is 5.75 Å². The largest absolute Gasteiger partial charge is 0.502 e. The lowest BCUT2D eigenvalue weighted by Gasteiger charge is -2.47. The second-order valence-electron chi connectivity index (χ2n) is 10.4. The first-order valence-electron chi connectivity index (χ1n) is 12.4. The summed E-state index contributed by atoms with van der Waals surface area (Å²) in [4.78, 5) is 25.7. The van der Waals surface area contributed by atoms with Crippen LogP contribution >= 0.6 is 0 Å². The highest BCUT2D eigenvalue weighted by atomic mass is 16.5. The molecule has 174 valence electrons. The second kappa shape index (κ2) is 8.69. The quantitative estimate of drug-likeness (QED) is 0.682. The molecule has 0 spiro atoms. The lowest BCUT2D eigenvalue weighted by molar-refractivity contribution is -0.125. The van der Waals surface area contributed by atoms with E-state index < -0.39 is 10.8 Å². The van der Waals surface area contributed by atoms with Gasteiger partial charge in [-0.3, -0.25) is 9.59 Å². The van der Waals surface area contributed by atoms with Crippen LogP contribution in [0.4, 0.5) is 0 Å². The Kier molecular flexibility index (Phi) is 5.91. The molecule has 3 atom stereocenters. The van der Waals surface area contributed by atoms with Crippen molar-refractivity contribution < 1.29 is 19.1 Å². The first-order valence-corrected chi connectivity index (χ1v) is 12.4. The molecule has 1 saturated carbocycles. The molecule has 1 aliphatic heterocycles. The number of nitrogens with one attached hydrogen (secondary N) is 1. The molecule has 32 heavy (non-hydrogen) atoms. The fourth-order valence-corrected chi connectivity index (χ4v) is 6.87. The molecule has 1 aromatic rings. The van der Waals surface area contributed by atoms with Gasteiger partial charge in [0.2, 0.25) is 17.1 Å². The van der Waals surface area contributed by atoms with Crippen LogP contribution in [0.1, 0.15) is 82.1 Å². The van der Waals surface area contributed by atoms with Gasteiger partial charge >= 0.3 is 0 Å². The van der Waals surface area contributed by atoms with Gasteiger partial charge in [-0.2, -0.15) is 0 Å². The molecule has 2 heterocycles. The Labute approximate surface area is 189 Å². The summed E-state index contributed by atoms with van der Waals surface area (Å²) in [5.74, 6) is 1.35. The zero-order valence-corrected chi connectivity index (χ0v) is 19.1. The lowest BCUT2D eigenvalue weighted by atomic mass is 9.63. The van der Waals surface area contributed by atoms with Crippen molar-refractivity contribution in [2.24, 2.45) is 11.8 Å². The Morgan fingerprint density at radius 1 is 1.19 bits per heavy atom. The summed E-state index contributed by atoms with van der Waals surface area (Å²) in [7, 11) is 0. The van der Waals surface area contributed by atoms with E-state index in [1.807, 2.05) is 0 Å². The number of ether oxygens (including phenoxy) is 1. The third-order valence-corrected chi connectivity index (χ3v) is 8.42. The fraction of sp³-hybridized carbons (Fsp3) is 0.692. The first-order chi connectivity index (χ1) is 15.5. The van der Waals surface area contributed by atoms with Gasteiger partial charge in [-0.1, -0.05) is 17.6 Å². The maximum Gasteiger partial charge on any atom is 0.227 e. The maximum atomic E-state index is 13.5. The summed E-state index contributed by atoms with van der Waals surface area (Å²) in [6.45, 7) is 2.67. The molecule has 0 aromatic carbocycles. The molecule has 2 unspecified atom stereocenters. The van der Waals surface area contributed by atoms with E-state index in [0.717, 1.165) is 6.42 Å². The van der Waals surface area contributed by atoms with Gasteiger partial charge in [-0.15, -0.1) is 0 Å². The van der Waals surface area contributed by atoms with Crippen molar-refractivity contribution in [1.82, 2.24) is 5.32 Å². The van der Waals surface area contributed by atoms with Gasteiger partial charge in [-0.05, 0) is 70.6 Å². The van der Waals surface area contributed by atoms with Crippen LogP contribution in [0.25, 0.3) is 0 Å². The van der Waals surface area contributed by atoms with Gasteiger partial charge in [0.15, 0.2) is 5.76 Å². The van der Waals surface area contributed by atoms with Gasteiger partial charge in [0, 0.05) is 43.1 Å². The molecule has 2 fully saturated rings. The topological polar surface area (TPSA) is 88.8 Å². The molecule has 1 aromatic heterocycles. The predicted molar refractivity (Wildman–Crippen MR) is 121 cm³/mol. The molecule has 2 bridgehead atoms. The van der Waals surface area contributed by atoms with Gasteiger partial charge < -0.3 is 19.6 Å². The van der Waals surface area contributed by atoms with E-state index in [1.54, 1.807) is 18.1 Å². The average Bonchev–Trinajstić information content (AvgIpc) is 2.77. The van der Waals surface area contributed by atoms with Crippen LogP contribution in [0, 0.1) is 18.8 Å². The standard InChI is InChI=1S/C26H35NO5/c1-16-13-21(28)24(30)25(32-16)26(9-11-31-12-10-26)15-22(29)27-23-18-6-4-8-20(23)19-7-3-2-5-17(19)14-18/h13,18,20,23,30H,2-12,14-15H2,1H3,(H,27,29)/t18?,20?,23-/m0/s1. The number of hydrogen-bond acceptors (Lipinski definition) is 5. The van der Waals surface area contributed by atoms with Crippen LogP contribution in [0.3, 0.4) is 0 Å². The van der Waals surface area contributed by atoms with Crippen LogP contribution in [0.2, 0.25) is 0 Å². The smallest absolute Gasteiger partial charge is 0.227 e. The summed E-state index contributed by atoms with van der Waals surface area (Å²) in [5, 5.41) is 14.0. The highest BCUT2D eigenvalue weighted by Gasteiger charge is 2.45. The molecular weight excluding hydrogens is 406 g/mol. The van der Waals surface area contributed by atoms with Crippen LogP contribution < -0.4 is 10.7 Å². The second-order valence-corrected chi connectivity index (χ2v) is 10.4. The molecule has 2 N–H and O–H groups in total. The number of aromatic hydroxyl groups is 1. The van der Waals surface area contributed by atoms with Gasteiger partial charge in [0.05, 0.1) is 0 Å². The Hall–Kier alpha value is -2.08. The summed E-state index contributed by atoms with van der Waals surface area (Å²) >= 11 is 0. The average molecular weight is 442 g/mol. The van der Waals surface area contributed by atoms with Crippen molar-refractivity contribution >= 4 is 5.91 Å². The highest BCUT2D eigenvalue weighted by molar-refractivity contribution is 5.78. The molecule has 1 amide bonds. The molecular formula is C26H35NO5. The Morgan fingerprint density at radius 3 is 2.78 bits per heavy atom. The summed E-state index contributed by atoms with van der Waals surface area (Å²) in [6.07, 6.45) is 11.1. The van der Waals surface area contributed by atoms with Gasteiger partial charge in [0.1, 0.15) is 5.76 Å². The minimum absolute atomic E-state index is 0.00258. The van der Waals surface area contributed by atoms with Crippen LogP contribution in [-0.2, 0) is 14.9 Å². The van der Waals surface area contributed by atoms with E-state index in [4.69, 9.17) is 9.15 Å².